The normalized spacial score (nSPS) is 18.5. The van der Waals surface area contributed by atoms with Crippen LogP contribution in [0.4, 0.5) is 18.9 Å². The molecule has 1 fully saturated rings. The fourth-order valence-corrected chi connectivity index (χ4v) is 4.40. The van der Waals surface area contributed by atoms with Crippen LogP contribution in [-0.2, 0) is 17.4 Å². The second kappa shape index (κ2) is 8.19. The SMILES string of the molecule is O=C(C(NC1CCCCC1)c1ccc(C(F)(F)F)cc1)N1CCc2ccccc21. The van der Waals surface area contributed by atoms with E-state index in [1.165, 1.54) is 18.6 Å². The summed E-state index contributed by atoms with van der Waals surface area (Å²) in [4.78, 5) is 15.3. The summed E-state index contributed by atoms with van der Waals surface area (Å²) in [5, 5.41) is 3.47. The first-order valence-corrected chi connectivity index (χ1v) is 10.3. The Kier molecular flexibility index (Phi) is 5.63. The Balaban J connectivity index is 1.62. The van der Waals surface area contributed by atoms with Gasteiger partial charge in [-0.25, -0.2) is 0 Å². The van der Waals surface area contributed by atoms with Gasteiger partial charge in [0.2, 0.25) is 5.91 Å². The average molecular weight is 402 g/mol. The first kappa shape index (κ1) is 20.0. The molecule has 1 saturated carbocycles. The van der Waals surface area contributed by atoms with E-state index in [1.807, 2.05) is 24.3 Å². The van der Waals surface area contributed by atoms with Crippen molar-refractivity contribution in [2.45, 2.75) is 56.8 Å². The minimum absolute atomic E-state index is 0.0970. The monoisotopic (exact) mass is 402 g/mol. The number of alkyl halides is 3. The van der Waals surface area contributed by atoms with Gasteiger partial charge < -0.3 is 4.90 Å². The summed E-state index contributed by atoms with van der Waals surface area (Å²) in [6.07, 6.45) is 1.79. The van der Waals surface area contributed by atoms with Crippen molar-refractivity contribution in [2.24, 2.45) is 0 Å². The first-order valence-electron chi connectivity index (χ1n) is 10.3. The van der Waals surface area contributed by atoms with Crippen molar-refractivity contribution < 1.29 is 18.0 Å². The van der Waals surface area contributed by atoms with Crippen LogP contribution < -0.4 is 10.2 Å². The summed E-state index contributed by atoms with van der Waals surface area (Å²) in [6.45, 7) is 0.599. The van der Waals surface area contributed by atoms with Gasteiger partial charge in [-0.1, -0.05) is 49.6 Å². The van der Waals surface area contributed by atoms with Crippen molar-refractivity contribution in [3.05, 3.63) is 65.2 Å². The lowest BCUT2D eigenvalue weighted by Gasteiger charge is -2.31. The van der Waals surface area contributed by atoms with E-state index in [-0.39, 0.29) is 11.9 Å². The largest absolute Gasteiger partial charge is 0.416 e. The molecule has 6 heteroatoms. The van der Waals surface area contributed by atoms with Crippen LogP contribution in [0.1, 0.15) is 54.8 Å². The molecule has 0 bridgehead atoms. The molecule has 29 heavy (non-hydrogen) atoms. The van der Waals surface area contributed by atoms with Crippen LogP contribution in [0.3, 0.4) is 0 Å². The van der Waals surface area contributed by atoms with Crippen molar-refractivity contribution in [1.82, 2.24) is 5.32 Å². The molecule has 1 heterocycles. The number of carbonyl (C=O) groups is 1. The van der Waals surface area contributed by atoms with Gasteiger partial charge in [0, 0.05) is 18.3 Å². The predicted octanol–water partition coefficient (Wildman–Crippen LogP) is 5.26. The Hall–Kier alpha value is -2.34. The molecule has 4 rings (SSSR count). The van der Waals surface area contributed by atoms with Crippen molar-refractivity contribution in [3.63, 3.8) is 0 Å². The number of benzene rings is 2. The van der Waals surface area contributed by atoms with Gasteiger partial charge in [-0.05, 0) is 48.6 Å². The highest BCUT2D eigenvalue weighted by Crippen LogP contribution is 2.33. The number of nitrogens with zero attached hydrogens (tertiary/aromatic N) is 1. The summed E-state index contributed by atoms with van der Waals surface area (Å²) in [6, 6.07) is 12.4. The number of amides is 1. The molecular formula is C23H25F3N2O. The highest BCUT2D eigenvalue weighted by atomic mass is 19.4. The maximum atomic E-state index is 13.5. The molecular weight excluding hydrogens is 377 g/mol. The molecule has 2 aromatic rings. The molecule has 1 amide bonds. The lowest BCUT2D eigenvalue weighted by Crippen LogP contribution is -2.44. The van der Waals surface area contributed by atoms with Crippen molar-refractivity contribution in [2.75, 3.05) is 11.4 Å². The number of hydrogen-bond donors (Lipinski definition) is 1. The van der Waals surface area contributed by atoms with Gasteiger partial charge in [0.1, 0.15) is 6.04 Å². The van der Waals surface area contributed by atoms with Gasteiger partial charge in [0.25, 0.3) is 0 Å². The molecule has 3 nitrogen and oxygen atoms in total. The highest BCUT2D eigenvalue weighted by Gasteiger charge is 2.34. The van der Waals surface area contributed by atoms with E-state index in [2.05, 4.69) is 5.32 Å². The smallest absolute Gasteiger partial charge is 0.310 e. The summed E-state index contributed by atoms with van der Waals surface area (Å²) in [7, 11) is 0. The summed E-state index contributed by atoms with van der Waals surface area (Å²) in [5.41, 5.74) is 1.92. The zero-order valence-corrected chi connectivity index (χ0v) is 16.2. The molecule has 2 aromatic carbocycles. The molecule has 0 spiro atoms. The van der Waals surface area contributed by atoms with E-state index in [1.54, 1.807) is 4.90 Å². The van der Waals surface area contributed by atoms with Crippen LogP contribution in [0.2, 0.25) is 0 Å². The third-order valence-electron chi connectivity index (χ3n) is 5.98. The molecule has 1 aliphatic carbocycles. The van der Waals surface area contributed by atoms with Gasteiger partial charge in [-0.3, -0.25) is 10.1 Å². The maximum Gasteiger partial charge on any atom is 0.416 e. The van der Waals surface area contributed by atoms with Crippen LogP contribution in [0, 0.1) is 0 Å². The summed E-state index contributed by atoms with van der Waals surface area (Å²) >= 11 is 0. The third-order valence-corrected chi connectivity index (χ3v) is 5.98. The topological polar surface area (TPSA) is 32.3 Å². The van der Waals surface area contributed by atoms with Gasteiger partial charge in [-0.15, -0.1) is 0 Å². The Morgan fingerprint density at radius 2 is 1.69 bits per heavy atom. The van der Waals surface area contributed by atoms with Crippen LogP contribution in [0.15, 0.2) is 48.5 Å². The second-order valence-electron chi connectivity index (χ2n) is 7.92. The number of para-hydroxylation sites is 1. The zero-order chi connectivity index (χ0) is 20.4. The Morgan fingerprint density at radius 3 is 2.38 bits per heavy atom. The van der Waals surface area contributed by atoms with Gasteiger partial charge in [0.15, 0.2) is 0 Å². The van der Waals surface area contributed by atoms with E-state index < -0.39 is 17.8 Å². The Bertz CT molecular complexity index is 857. The Labute approximate surface area is 168 Å². The van der Waals surface area contributed by atoms with Crippen molar-refractivity contribution in [3.8, 4) is 0 Å². The van der Waals surface area contributed by atoms with Crippen LogP contribution >= 0.6 is 0 Å². The second-order valence-corrected chi connectivity index (χ2v) is 7.92. The summed E-state index contributed by atoms with van der Waals surface area (Å²) in [5.74, 6) is -0.0970. The van der Waals surface area contributed by atoms with E-state index >= 15 is 0 Å². The molecule has 2 aliphatic rings. The highest BCUT2D eigenvalue weighted by molar-refractivity contribution is 5.99. The molecule has 0 aromatic heterocycles. The Morgan fingerprint density at radius 1 is 1.00 bits per heavy atom. The number of nitrogens with one attached hydrogen (secondary N) is 1. The quantitative estimate of drug-likeness (QED) is 0.757. The molecule has 0 saturated heterocycles. The molecule has 1 atom stereocenters. The molecule has 154 valence electrons. The number of fused-ring (bicyclic) bond motifs is 1. The van der Waals surface area contributed by atoms with E-state index in [0.717, 1.165) is 55.5 Å². The fraction of sp³-hybridized carbons (Fsp3) is 0.435. The lowest BCUT2D eigenvalue weighted by atomic mass is 9.93. The van der Waals surface area contributed by atoms with Crippen molar-refractivity contribution >= 4 is 11.6 Å². The summed E-state index contributed by atoms with van der Waals surface area (Å²) < 4.78 is 38.9. The molecule has 0 radical (unpaired) electrons. The van der Waals surface area contributed by atoms with E-state index in [9.17, 15) is 18.0 Å². The van der Waals surface area contributed by atoms with Crippen LogP contribution in [0.5, 0.6) is 0 Å². The average Bonchev–Trinajstić information content (AvgIpc) is 3.16. The van der Waals surface area contributed by atoms with Gasteiger partial charge in [0.05, 0.1) is 5.56 Å². The number of hydrogen-bond acceptors (Lipinski definition) is 2. The third kappa shape index (κ3) is 4.32. The predicted molar refractivity (Wildman–Crippen MR) is 107 cm³/mol. The van der Waals surface area contributed by atoms with E-state index in [0.29, 0.717) is 12.1 Å². The standard InChI is InChI=1S/C23H25F3N2O/c24-23(25,26)18-12-10-17(11-13-18)21(27-19-7-2-1-3-8-19)22(29)28-15-14-16-6-4-5-9-20(16)28/h4-6,9-13,19,21,27H,1-3,7-8,14-15H2. The molecule has 1 aliphatic heterocycles. The first-order chi connectivity index (χ1) is 13.9. The number of anilines is 1. The number of carbonyl (C=O) groups excluding carboxylic acids is 1. The van der Waals surface area contributed by atoms with Crippen LogP contribution in [0.25, 0.3) is 0 Å². The minimum Gasteiger partial charge on any atom is -0.310 e. The maximum absolute atomic E-state index is 13.5. The fourth-order valence-electron chi connectivity index (χ4n) is 4.40. The van der Waals surface area contributed by atoms with Gasteiger partial charge >= 0.3 is 6.18 Å². The number of rotatable bonds is 4. The molecule has 1 N–H and O–H groups in total. The van der Waals surface area contributed by atoms with Crippen LogP contribution in [-0.4, -0.2) is 18.5 Å². The number of halogens is 3. The molecule has 1 unspecified atom stereocenters. The van der Waals surface area contributed by atoms with E-state index in [4.69, 9.17) is 0 Å². The lowest BCUT2D eigenvalue weighted by molar-refractivity contribution is -0.137. The zero-order valence-electron chi connectivity index (χ0n) is 16.2. The van der Waals surface area contributed by atoms with Crippen molar-refractivity contribution in [1.29, 1.82) is 0 Å². The van der Waals surface area contributed by atoms with Gasteiger partial charge in [-0.2, -0.15) is 13.2 Å². The minimum atomic E-state index is -4.39.